The fraction of sp³-hybridized carbons (Fsp3) is 0.0714. The molecule has 0 aromatic heterocycles. The highest BCUT2D eigenvalue weighted by Gasteiger charge is 2.38. The summed E-state index contributed by atoms with van der Waals surface area (Å²) < 4.78 is 48.8. The van der Waals surface area contributed by atoms with E-state index in [9.17, 15) is 13.2 Å². The summed E-state index contributed by atoms with van der Waals surface area (Å²) in [5.74, 6) is 0.596. The zero-order valence-electron chi connectivity index (χ0n) is 17.2. The van der Waals surface area contributed by atoms with Crippen LogP contribution in [0.2, 0.25) is 0 Å². The molecule has 0 aliphatic heterocycles. The van der Waals surface area contributed by atoms with Crippen LogP contribution < -0.4 is 4.74 Å². The van der Waals surface area contributed by atoms with Gasteiger partial charge in [0.05, 0.1) is 5.57 Å². The Bertz CT molecular complexity index is 1160. The highest BCUT2D eigenvalue weighted by molar-refractivity contribution is 6.00. The molecule has 4 aromatic rings. The number of benzene rings is 4. The van der Waals surface area contributed by atoms with Gasteiger partial charge < -0.3 is 4.74 Å². The van der Waals surface area contributed by atoms with Crippen molar-refractivity contribution in [2.75, 3.05) is 0 Å². The lowest BCUT2D eigenvalue weighted by Crippen LogP contribution is -2.14. The van der Waals surface area contributed by atoms with E-state index >= 15 is 0 Å². The van der Waals surface area contributed by atoms with Gasteiger partial charge in [0.15, 0.2) is 0 Å². The third-order valence-electron chi connectivity index (χ3n) is 5.05. The molecule has 0 radical (unpaired) electrons. The number of halogens is 3. The van der Waals surface area contributed by atoms with E-state index in [0.29, 0.717) is 23.5 Å². The van der Waals surface area contributed by atoms with Gasteiger partial charge >= 0.3 is 6.18 Å². The molecule has 32 heavy (non-hydrogen) atoms. The fourth-order valence-electron chi connectivity index (χ4n) is 3.57. The Morgan fingerprint density at radius 1 is 0.562 bits per heavy atom. The van der Waals surface area contributed by atoms with Gasteiger partial charge in [0.25, 0.3) is 0 Å². The molecule has 0 saturated carbocycles. The Morgan fingerprint density at radius 2 is 1.03 bits per heavy atom. The first kappa shape index (κ1) is 21.4. The lowest BCUT2D eigenvalue weighted by atomic mass is 9.89. The molecule has 4 rings (SSSR count). The summed E-state index contributed by atoms with van der Waals surface area (Å²) in [6.07, 6.45) is -4.53. The van der Waals surface area contributed by atoms with E-state index in [2.05, 4.69) is 0 Å². The minimum atomic E-state index is -4.53. The second kappa shape index (κ2) is 9.56. The maximum Gasteiger partial charge on any atom is 0.417 e. The predicted octanol–water partition coefficient (Wildman–Crippen LogP) is 7.79. The molecular formula is C28H21F3O. The van der Waals surface area contributed by atoms with E-state index in [1.807, 2.05) is 30.3 Å². The smallest absolute Gasteiger partial charge is 0.417 e. The largest absolute Gasteiger partial charge is 0.489 e. The quantitative estimate of drug-likeness (QED) is 0.284. The Kier molecular flexibility index (Phi) is 6.41. The molecule has 0 bridgehead atoms. The van der Waals surface area contributed by atoms with Crippen molar-refractivity contribution in [1.29, 1.82) is 0 Å². The third-order valence-corrected chi connectivity index (χ3v) is 5.05. The Balaban J connectivity index is 1.77. The molecule has 0 saturated heterocycles. The topological polar surface area (TPSA) is 9.23 Å². The Hall–Kier alpha value is -3.79. The van der Waals surface area contributed by atoms with Crippen molar-refractivity contribution in [3.63, 3.8) is 0 Å². The first-order chi connectivity index (χ1) is 15.5. The number of rotatable bonds is 6. The zero-order chi connectivity index (χ0) is 22.4. The third kappa shape index (κ3) is 5.09. The number of alkyl halides is 3. The van der Waals surface area contributed by atoms with E-state index in [-0.39, 0.29) is 11.1 Å². The summed E-state index contributed by atoms with van der Waals surface area (Å²) in [6, 6.07) is 33.1. The van der Waals surface area contributed by atoms with Crippen molar-refractivity contribution in [3.05, 3.63) is 138 Å². The molecule has 0 fully saturated rings. The Labute approximate surface area is 185 Å². The average Bonchev–Trinajstić information content (AvgIpc) is 2.82. The van der Waals surface area contributed by atoms with Crippen LogP contribution in [0.25, 0.3) is 11.1 Å². The second-order valence-electron chi connectivity index (χ2n) is 7.28. The van der Waals surface area contributed by atoms with E-state index in [1.165, 1.54) is 12.1 Å². The number of hydrogen-bond donors (Lipinski definition) is 0. The van der Waals surface area contributed by atoms with Crippen molar-refractivity contribution in [1.82, 2.24) is 0 Å². The number of allylic oxidation sites excluding steroid dienone is 1. The van der Waals surface area contributed by atoms with Crippen LogP contribution in [0.15, 0.2) is 115 Å². The van der Waals surface area contributed by atoms with Gasteiger partial charge in [-0.15, -0.1) is 0 Å². The normalized spacial score (nSPS) is 12.2. The van der Waals surface area contributed by atoms with Gasteiger partial charge in [-0.1, -0.05) is 103 Å². The van der Waals surface area contributed by atoms with Crippen LogP contribution in [-0.4, -0.2) is 6.18 Å². The van der Waals surface area contributed by atoms with Gasteiger partial charge in [0.2, 0.25) is 0 Å². The maximum absolute atomic E-state index is 14.3. The SMILES string of the molecule is FC(F)(F)/C(=C(/c1ccccc1)c1ccc(OCc2ccccc2)cc1)c1ccccc1. The summed E-state index contributed by atoms with van der Waals surface area (Å²) >= 11 is 0. The van der Waals surface area contributed by atoms with Crippen molar-refractivity contribution in [2.45, 2.75) is 12.8 Å². The van der Waals surface area contributed by atoms with E-state index < -0.39 is 11.7 Å². The van der Waals surface area contributed by atoms with Crippen LogP contribution in [0.3, 0.4) is 0 Å². The number of hydrogen-bond acceptors (Lipinski definition) is 1. The lowest BCUT2D eigenvalue weighted by molar-refractivity contribution is -0.0685. The molecule has 0 aliphatic carbocycles. The molecule has 0 amide bonds. The van der Waals surface area contributed by atoms with E-state index in [0.717, 1.165) is 5.56 Å². The lowest BCUT2D eigenvalue weighted by Gasteiger charge is -2.20. The molecule has 0 unspecified atom stereocenters. The molecule has 4 heteroatoms. The van der Waals surface area contributed by atoms with Gasteiger partial charge in [-0.2, -0.15) is 13.2 Å². The molecular weight excluding hydrogens is 409 g/mol. The molecule has 0 spiro atoms. The first-order valence-electron chi connectivity index (χ1n) is 10.2. The minimum absolute atomic E-state index is 0.128. The van der Waals surface area contributed by atoms with E-state index in [1.54, 1.807) is 72.8 Å². The summed E-state index contributed by atoms with van der Waals surface area (Å²) in [6.45, 7) is 0.388. The highest BCUT2D eigenvalue weighted by atomic mass is 19.4. The van der Waals surface area contributed by atoms with Gasteiger partial charge in [0, 0.05) is 5.57 Å². The second-order valence-corrected chi connectivity index (χ2v) is 7.28. The van der Waals surface area contributed by atoms with Crippen molar-refractivity contribution in [3.8, 4) is 5.75 Å². The molecule has 0 atom stereocenters. The number of ether oxygens (including phenoxy) is 1. The van der Waals surface area contributed by atoms with Gasteiger partial charge in [-0.25, -0.2) is 0 Å². The van der Waals surface area contributed by atoms with Crippen LogP contribution in [0.1, 0.15) is 22.3 Å². The fourth-order valence-corrected chi connectivity index (χ4v) is 3.57. The molecule has 0 heterocycles. The summed E-state index contributed by atoms with van der Waals surface area (Å²) in [4.78, 5) is 0. The Morgan fingerprint density at radius 3 is 1.56 bits per heavy atom. The van der Waals surface area contributed by atoms with Crippen molar-refractivity contribution < 1.29 is 17.9 Å². The summed E-state index contributed by atoms with van der Waals surface area (Å²) in [5.41, 5.74) is 1.59. The van der Waals surface area contributed by atoms with Crippen LogP contribution in [0.5, 0.6) is 5.75 Å². The molecule has 1 nitrogen and oxygen atoms in total. The molecule has 4 aromatic carbocycles. The van der Waals surface area contributed by atoms with Gasteiger partial charge in [0.1, 0.15) is 12.4 Å². The standard InChI is InChI=1S/C28H21F3O/c29-28(30,31)27(24-14-8-3-9-15-24)26(22-12-6-2-7-13-22)23-16-18-25(19-17-23)32-20-21-10-4-1-5-11-21/h1-19H,20H2/b27-26-. The monoisotopic (exact) mass is 430 g/mol. The molecule has 0 aliphatic rings. The van der Waals surface area contributed by atoms with Gasteiger partial charge in [-0.3, -0.25) is 0 Å². The summed E-state index contributed by atoms with van der Waals surface area (Å²) in [5, 5.41) is 0. The van der Waals surface area contributed by atoms with Crippen LogP contribution >= 0.6 is 0 Å². The molecule has 0 N–H and O–H groups in total. The average molecular weight is 430 g/mol. The first-order valence-corrected chi connectivity index (χ1v) is 10.2. The predicted molar refractivity (Wildman–Crippen MR) is 122 cm³/mol. The zero-order valence-corrected chi connectivity index (χ0v) is 17.2. The van der Waals surface area contributed by atoms with Crippen LogP contribution in [0.4, 0.5) is 13.2 Å². The minimum Gasteiger partial charge on any atom is -0.489 e. The van der Waals surface area contributed by atoms with Gasteiger partial charge in [-0.05, 0) is 34.4 Å². The van der Waals surface area contributed by atoms with Crippen LogP contribution in [0, 0.1) is 0 Å². The maximum atomic E-state index is 14.3. The molecule has 160 valence electrons. The highest BCUT2D eigenvalue weighted by Crippen LogP contribution is 2.42. The van der Waals surface area contributed by atoms with Crippen molar-refractivity contribution >= 4 is 11.1 Å². The van der Waals surface area contributed by atoms with Crippen molar-refractivity contribution in [2.24, 2.45) is 0 Å². The van der Waals surface area contributed by atoms with Crippen LogP contribution in [-0.2, 0) is 6.61 Å². The van der Waals surface area contributed by atoms with E-state index in [4.69, 9.17) is 4.74 Å². The summed E-state index contributed by atoms with van der Waals surface area (Å²) in [7, 11) is 0.